The van der Waals surface area contributed by atoms with Gasteiger partial charge in [0, 0.05) is 6.42 Å². The van der Waals surface area contributed by atoms with Crippen molar-refractivity contribution in [2.24, 2.45) is 5.41 Å². The number of rotatable bonds is 2. The van der Waals surface area contributed by atoms with Gasteiger partial charge in [-0.15, -0.1) is 0 Å². The van der Waals surface area contributed by atoms with Crippen LogP contribution in [0.3, 0.4) is 0 Å². The standard InChI is InChI=1S/C8H16OS/c1-5-9-7(10)6-8(2,3)4/h5-6H2,1-4H3. The molecule has 0 saturated carbocycles. The molecule has 0 bridgehead atoms. The van der Waals surface area contributed by atoms with Crippen LogP contribution in [0.25, 0.3) is 0 Å². The highest BCUT2D eigenvalue weighted by atomic mass is 32.1. The SMILES string of the molecule is CCOC(=S)CC(C)(C)C. The van der Waals surface area contributed by atoms with Crippen molar-refractivity contribution >= 4 is 17.3 Å². The second-order valence-corrected chi connectivity index (χ2v) is 4.00. The van der Waals surface area contributed by atoms with Gasteiger partial charge in [-0.25, -0.2) is 0 Å². The molecule has 0 spiro atoms. The topological polar surface area (TPSA) is 9.23 Å². The summed E-state index contributed by atoms with van der Waals surface area (Å²) in [6.45, 7) is 9.10. The maximum Gasteiger partial charge on any atom is 0.160 e. The van der Waals surface area contributed by atoms with Crippen LogP contribution < -0.4 is 0 Å². The van der Waals surface area contributed by atoms with Gasteiger partial charge in [-0.2, -0.15) is 0 Å². The van der Waals surface area contributed by atoms with Crippen molar-refractivity contribution in [1.82, 2.24) is 0 Å². The fourth-order valence-electron chi connectivity index (χ4n) is 0.645. The van der Waals surface area contributed by atoms with Gasteiger partial charge < -0.3 is 4.74 Å². The third-order valence-corrected chi connectivity index (χ3v) is 1.24. The van der Waals surface area contributed by atoms with E-state index in [2.05, 4.69) is 20.8 Å². The Morgan fingerprint density at radius 3 is 2.20 bits per heavy atom. The Labute approximate surface area is 68.8 Å². The molecule has 0 heterocycles. The summed E-state index contributed by atoms with van der Waals surface area (Å²) in [7, 11) is 0. The van der Waals surface area contributed by atoms with Crippen LogP contribution in [0.15, 0.2) is 0 Å². The zero-order valence-corrected chi connectivity index (χ0v) is 8.05. The first-order valence-electron chi connectivity index (χ1n) is 3.61. The van der Waals surface area contributed by atoms with Crippen LogP contribution in [0.4, 0.5) is 0 Å². The molecule has 1 nitrogen and oxygen atoms in total. The van der Waals surface area contributed by atoms with E-state index < -0.39 is 0 Å². The van der Waals surface area contributed by atoms with Gasteiger partial charge in [0.15, 0.2) is 5.05 Å². The lowest BCUT2D eigenvalue weighted by Gasteiger charge is -2.17. The predicted octanol–water partition coefficient (Wildman–Crippen LogP) is 2.79. The normalized spacial score (nSPS) is 11.2. The zero-order chi connectivity index (χ0) is 8.20. The smallest absolute Gasteiger partial charge is 0.160 e. The van der Waals surface area contributed by atoms with Gasteiger partial charge in [0.2, 0.25) is 0 Å². The molecule has 0 aromatic carbocycles. The van der Waals surface area contributed by atoms with Crippen molar-refractivity contribution in [1.29, 1.82) is 0 Å². The first-order valence-corrected chi connectivity index (χ1v) is 4.02. The first-order chi connectivity index (χ1) is 4.45. The maximum absolute atomic E-state index is 5.15. The largest absolute Gasteiger partial charge is 0.487 e. The van der Waals surface area contributed by atoms with Crippen LogP contribution in [0.5, 0.6) is 0 Å². The molecule has 0 aromatic rings. The molecule has 0 aromatic heterocycles. The van der Waals surface area contributed by atoms with E-state index in [1.807, 2.05) is 6.92 Å². The molecule has 0 aliphatic rings. The molecule has 2 heteroatoms. The van der Waals surface area contributed by atoms with Crippen molar-refractivity contribution in [3.05, 3.63) is 0 Å². The summed E-state index contributed by atoms with van der Waals surface area (Å²) in [5.41, 5.74) is 0.256. The number of ether oxygens (including phenoxy) is 1. The van der Waals surface area contributed by atoms with Crippen LogP contribution in [0.2, 0.25) is 0 Å². The molecule has 0 fully saturated rings. The average Bonchev–Trinajstić information content (AvgIpc) is 1.59. The molecule has 0 unspecified atom stereocenters. The van der Waals surface area contributed by atoms with Crippen LogP contribution in [-0.4, -0.2) is 11.7 Å². The van der Waals surface area contributed by atoms with E-state index in [9.17, 15) is 0 Å². The summed E-state index contributed by atoms with van der Waals surface area (Å²) in [4.78, 5) is 0. The summed E-state index contributed by atoms with van der Waals surface area (Å²) >= 11 is 4.98. The van der Waals surface area contributed by atoms with Gasteiger partial charge in [-0.1, -0.05) is 20.8 Å². The summed E-state index contributed by atoms with van der Waals surface area (Å²) in [5, 5.41) is 0.731. The Morgan fingerprint density at radius 2 is 1.90 bits per heavy atom. The third-order valence-electron chi connectivity index (χ3n) is 0.980. The van der Waals surface area contributed by atoms with Crippen molar-refractivity contribution in [2.45, 2.75) is 34.1 Å². The molecule has 0 saturated heterocycles. The second-order valence-electron chi connectivity index (χ2n) is 3.54. The monoisotopic (exact) mass is 160 g/mol. The molecular formula is C8H16OS. The van der Waals surface area contributed by atoms with E-state index in [0.717, 1.165) is 11.5 Å². The minimum Gasteiger partial charge on any atom is -0.487 e. The third kappa shape index (κ3) is 6.02. The van der Waals surface area contributed by atoms with Crippen molar-refractivity contribution in [3.63, 3.8) is 0 Å². The molecule has 10 heavy (non-hydrogen) atoms. The summed E-state index contributed by atoms with van der Waals surface area (Å²) in [6, 6.07) is 0. The predicted molar refractivity (Wildman–Crippen MR) is 48.3 cm³/mol. The highest BCUT2D eigenvalue weighted by Crippen LogP contribution is 2.19. The molecule has 0 N–H and O–H groups in total. The van der Waals surface area contributed by atoms with Crippen LogP contribution in [0.1, 0.15) is 34.1 Å². The Morgan fingerprint density at radius 1 is 1.40 bits per heavy atom. The van der Waals surface area contributed by atoms with Gasteiger partial charge in [0.05, 0.1) is 6.61 Å². The first kappa shape index (κ1) is 9.89. The van der Waals surface area contributed by atoms with Gasteiger partial charge >= 0.3 is 0 Å². The molecule has 0 aliphatic heterocycles. The van der Waals surface area contributed by atoms with Crippen LogP contribution >= 0.6 is 12.2 Å². The quantitative estimate of drug-likeness (QED) is 0.574. The molecule has 0 rings (SSSR count). The summed E-state index contributed by atoms with van der Waals surface area (Å²) < 4.78 is 5.15. The van der Waals surface area contributed by atoms with Crippen molar-refractivity contribution in [3.8, 4) is 0 Å². The Bertz CT molecular complexity index is 113. The zero-order valence-electron chi connectivity index (χ0n) is 7.23. The molecule has 0 aliphatic carbocycles. The van der Waals surface area contributed by atoms with E-state index in [-0.39, 0.29) is 5.41 Å². The average molecular weight is 160 g/mol. The van der Waals surface area contributed by atoms with Gasteiger partial charge in [0.25, 0.3) is 0 Å². The molecule has 0 atom stereocenters. The highest BCUT2D eigenvalue weighted by Gasteiger charge is 2.13. The number of hydrogen-bond acceptors (Lipinski definition) is 2. The lowest BCUT2D eigenvalue weighted by molar-refractivity contribution is 0.302. The van der Waals surface area contributed by atoms with Crippen LogP contribution in [-0.2, 0) is 4.74 Å². The van der Waals surface area contributed by atoms with Crippen molar-refractivity contribution in [2.75, 3.05) is 6.61 Å². The Hall–Kier alpha value is -0.110. The fraction of sp³-hybridized carbons (Fsp3) is 0.875. The minimum absolute atomic E-state index is 0.256. The summed E-state index contributed by atoms with van der Waals surface area (Å²) in [5.74, 6) is 0. The molecule has 0 amide bonds. The maximum atomic E-state index is 5.15. The van der Waals surface area contributed by atoms with Gasteiger partial charge in [-0.05, 0) is 24.6 Å². The lowest BCUT2D eigenvalue weighted by atomic mass is 9.93. The highest BCUT2D eigenvalue weighted by molar-refractivity contribution is 7.80. The Kier molecular flexibility index (Phi) is 3.87. The Balaban J connectivity index is 3.58. The molecular weight excluding hydrogens is 144 g/mol. The summed E-state index contributed by atoms with van der Waals surface area (Å²) in [6.07, 6.45) is 0.871. The van der Waals surface area contributed by atoms with Crippen LogP contribution in [0, 0.1) is 5.41 Å². The van der Waals surface area contributed by atoms with E-state index in [4.69, 9.17) is 17.0 Å². The minimum atomic E-state index is 0.256. The fourth-order valence-corrected chi connectivity index (χ4v) is 1.20. The lowest BCUT2D eigenvalue weighted by Crippen LogP contribution is -2.13. The number of thiocarbonyl (C=S) groups is 1. The molecule has 60 valence electrons. The van der Waals surface area contributed by atoms with E-state index in [1.165, 1.54) is 0 Å². The number of hydrogen-bond donors (Lipinski definition) is 0. The van der Waals surface area contributed by atoms with E-state index in [1.54, 1.807) is 0 Å². The van der Waals surface area contributed by atoms with E-state index in [0.29, 0.717) is 6.61 Å². The molecule has 0 radical (unpaired) electrons. The van der Waals surface area contributed by atoms with Crippen molar-refractivity contribution < 1.29 is 4.74 Å². The van der Waals surface area contributed by atoms with Gasteiger partial charge in [0.1, 0.15) is 0 Å². The second kappa shape index (κ2) is 3.91. The van der Waals surface area contributed by atoms with Gasteiger partial charge in [-0.3, -0.25) is 0 Å². The van der Waals surface area contributed by atoms with E-state index >= 15 is 0 Å².